The van der Waals surface area contributed by atoms with Crippen molar-refractivity contribution in [2.75, 3.05) is 59.6 Å². The van der Waals surface area contributed by atoms with Crippen LogP contribution in [0.1, 0.15) is 25.7 Å². The smallest absolute Gasteiger partial charge is 0.193 e. The molecule has 4 saturated heterocycles. The van der Waals surface area contributed by atoms with Crippen molar-refractivity contribution in [3.05, 3.63) is 0 Å². The van der Waals surface area contributed by atoms with Gasteiger partial charge < -0.3 is 19.7 Å². The molecule has 23 heavy (non-hydrogen) atoms. The van der Waals surface area contributed by atoms with Crippen LogP contribution >= 0.6 is 0 Å². The SMILES string of the molecule is CN=C(NCC1CN2CCCC2CO1)N1CCC2(CCOC2)C1. The van der Waals surface area contributed by atoms with Gasteiger partial charge in [0.25, 0.3) is 0 Å². The van der Waals surface area contributed by atoms with Crippen LogP contribution in [-0.2, 0) is 9.47 Å². The zero-order chi connectivity index (χ0) is 15.7. The van der Waals surface area contributed by atoms with E-state index in [4.69, 9.17) is 9.47 Å². The summed E-state index contributed by atoms with van der Waals surface area (Å²) in [5.74, 6) is 1.03. The maximum absolute atomic E-state index is 6.05. The van der Waals surface area contributed by atoms with E-state index in [1.807, 2.05) is 7.05 Å². The second-order valence-corrected chi connectivity index (χ2v) is 7.65. The lowest BCUT2D eigenvalue weighted by atomic mass is 9.87. The van der Waals surface area contributed by atoms with Crippen LogP contribution in [0.5, 0.6) is 0 Å². The summed E-state index contributed by atoms with van der Waals surface area (Å²) < 4.78 is 11.7. The summed E-state index contributed by atoms with van der Waals surface area (Å²) in [6.07, 6.45) is 5.34. The van der Waals surface area contributed by atoms with Crippen LogP contribution in [0.3, 0.4) is 0 Å². The van der Waals surface area contributed by atoms with Crippen molar-refractivity contribution in [3.8, 4) is 0 Å². The molecule has 1 N–H and O–H groups in total. The van der Waals surface area contributed by atoms with Gasteiger partial charge >= 0.3 is 0 Å². The van der Waals surface area contributed by atoms with Gasteiger partial charge in [-0.3, -0.25) is 9.89 Å². The molecular weight excluding hydrogens is 292 g/mol. The summed E-state index contributed by atoms with van der Waals surface area (Å²) in [6, 6.07) is 0.673. The standard InChI is InChI=1S/C17H30N4O2/c1-18-16(21-7-4-17(12-21)5-8-22-13-17)19-9-15-10-20-6-2-3-14(20)11-23-15/h14-15H,2-13H2,1H3,(H,18,19). The van der Waals surface area contributed by atoms with Crippen molar-refractivity contribution in [1.82, 2.24) is 15.1 Å². The molecule has 6 heteroatoms. The van der Waals surface area contributed by atoms with Crippen molar-refractivity contribution >= 4 is 5.96 Å². The van der Waals surface area contributed by atoms with Gasteiger partial charge in [-0.2, -0.15) is 0 Å². The first-order valence-electron chi connectivity index (χ1n) is 9.17. The molecule has 4 rings (SSSR count). The molecular formula is C17H30N4O2. The molecule has 0 aromatic rings. The van der Waals surface area contributed by atoms with Crippen molar-refractivity contribution < 1.29 is 9.47 Å². The fourth-order valence-electron chi connectivity index (χ4n) is 4.63. The third-order valence-corrected chi connectivity index (χ3v) is 6.08. The number of ether oxygens (including phenoxy) is 2. The maximum Gasteiger partial charge on any atom is 0.193 e. The van der Waals surface area contributed by atoms with E-state index in [-0.39, 0.29) is 6.10 Å². The highest BCUT2D eigenvalue weighted by molar-refractivity contribution is 5.80. The van der Waals surface area contributed by atoms with Gasteiger partial charge in [-0.05, 0) is 32.2 Å². The Kier molecular flexibility index (Phi) is 4.48. The number of morpholine rings is 1. The minimum atomic E-state index is 0.285. The summed E-state index contributed by atoms with van der Waals surface area (Å²) in [6.45, 7) is 8.07. The Labute approximate surface area is 139 Å². The maximum atomic E-state index is 6.05. The third-order valence-electron chi connectivity index (χ3n) is 6.08. The molecule has 0 amide bonds. The van der Waals surface area contributed by atoms with E-state index in [9.17, 15) is 0 Å². The Morgan fingerprint density at radius 1 is 1.35 bits per heavy atom. The second kappa shape index (κ2) is 6.57. The van der Waals surface area contributed by atoms with Gasteiger partial charge in [-0.1, -0.05) is 0 Å². The molecule has 0 aromatic carbocycles. The lowest BCUT2D eigenvalue weighted by molar-refractivity contribution is -0.0454. The fourth-order valence-corrected chi connectivity index (χ4v) is 4.63. The Morgan fingerprint density at radius 2 is 2.30 bits per heavy atom. The van der Waals surface area contributed by atoms with Crippen LogP contribution in [0.4, 0.5) is 0 Å². The highest BCUT2D eigenvalue weighted by atomic mass is 16.5. The van der Waals surface area contributed by atoms with Crippen molar-refractivity contribution in [3.63, 3.8) is 0 Å². The van der Waals surface area contributed by atoms with Gasteiger partial charge in [0.1, 0.15) is 0 Å². The van der Waals surface area contributed by atoms with E-state index in [0.29, 0.717) is 11.5 Å². The molecule has 3 unspecified atom stereocenters. The van der Waals surface area contributed by atoms with Gasteiger partial charge in [-0.15, -0.1) is 0 Å². The zero-order valence-corrected chi connectivity index (χ0v) is 14.3. The number of hydrogen-bond donors (Lipinski definition) is 1. The van der Waals surface area contributed by atoms with Crippen LogP contribution < -0.4 is 5.32 Å². The topological polar surface area (TPSA) is 49.3 Å². The molecule has 1 spiro atoms. The molecule has 0 bridgehead atoms. The third kappa shape index (κ3) is 3.21. The average molecular weight is 322 g/mol. The van der Waals surface area contributed by atoms with Gasteiger partial charge in [0.15, 0.2) is 5.96 Å². The van der Waals surface area contributed by atoms with Crippen LogP contribution in [0, 0.1) is 5.41 Å². The van der Waals surface area contributed by atoms with E-state index in [1.54, 1.807) is 0 Å². The Hall–Kier alpha value is -0.850. The molecule has 4 heterocycles. The van der Waals surface area contributed by atoms with E-state index >= 15 is 0 Å². The fraction of sp³-hybridized carbons (Fsp3) is 0.941. The second-order valence-electron chi connectivity index (χ2n) is 7.65. The number of rotatable bonds is 2. The first-order chi connectivity index (χ1) is 11.3. The molecule has 0 aliphatic carbocycles. The quantitative estimate of drug-likeness (QED) is 0.594. The minimum absolute atomic E-state index is 0.285. The summed E-state index contributed by atoms with van der Waals surface area (Å²) >= 11 is 0. The Balaban J connectivity index is 1.28. The number of nitrogens with one attached hydrogen (secondary N) is 1. The zero-order valence-electron chi connectivity index (χ0n) is 14.3. The van der Waals surface area contributed by atoms with Gasteiger partial charge in [0.05, 0.1) is 19.3 Å². The molecule has 3 atom stereocenters. The van der Waals surface area contributed by atoms with Crippen molar-refractivity contribution in [2.24, 2.45) is 10.4 Å². The predicted octanol–water partition coefficient (Wildman–Crippen LogP) is 0.537. The number of guanidine groups is 1. The number of fused-ring (bicyclic) bond motifs is 1. The summed E-state index contributed by atoms with van der Waals surface area (Å²) in [5, 5.41) is 3.55. The van der Waals surface area contributed by atoms with Crippen LogP contribution in [-0.4, -0.2) is 87.5 Å². The van der Waals surface area contributed by atoms with Crippen LogP contribution in [0.2, 0.25) is 0 Å². The van der Waals surface area contributed by atoms with E-state index in [1.165, 1.54) is 32.2 Å². The first kappa shape index (κ1) is 15.7. The molecule has 0 aromatic heterocycles. The predicted molar refractivity (Wildman–Crippen MR) is 89.8 cm³/mol. The monoisotopic (exact) mass is 322 g/mol. The highest BCUT2D eigenvalue weighted by Crippen LogP contribution is 2.38. The van der Waals surface area contributed by atoms with E-state index < -0.39 is 0 Å². The lowest BCUT2D eigenvalue weighted by Gasteiger charge is -2.36. The van der Waals surface area contributed by atoms with Crippen LogP contribution in [0.25, 0.3) is 0 Å². The summed E-state index contributed by atoms with van der Waals surface area (Å²) in [4.78, 5) is 9.49. The normalized spacial score (nSPS) is 38.5. The van der Waals surface area contributed by atoms with Crippen LogP contribution in [0.15, 0.2) is 4.99 Å². The Morgan fingerprint density at radius 3 is 3.13 bits per heavy atom. The molecule has 130 valence electrons. The average Bonchev–Trinajstić information content (AvgIpc) is 3.30. The molecule has 4 aliphatic heterocycles. The van der Waals surface area contributed by atoms with E-state index in [0.717, 1.165) is 52.0 Å². The lowest BCUT2D eigenvalue weighted by Crippen LogP contribution is -2.51. The van der Waals surface area contributed by atoms with Crippen molar-refractivity contribution in [1.29, 1.82) is 0 Å². The molecule has 6 nitrogen and oxygen atoms in total. The molecule has 4 fully saturated rings. The van der Waals surface area contributed by atoms with E-state index in [2.05, 4.69) is 20.1 Å². The molecule has 0 saturated carbocycles. The van der Waals surface area contributed by atoms with Gasteiger partial charge in [0, 0.05) is 51.3 Å². The van der Waals surface area contributed by atoms with Gasteiger partial charge in [0.2, 0.25) is 0 Å². The Bertz CT molecular complexity index is 450. The number of aliphatic imine (C=N–C) groups is 1. The number of likely N-dealkylation sites (tertiary alicyclic amines) is 1. The number of nitrogens with zero attached hydrogens (tertiary/aromatic N) is 3. The summed E-state index contributed by atoms with van der Waals surface area (Å²) in [5.41, 5.74) is 0.377. The van der Waals surface area contributed by atoms with Gasteiger partial charge in [-0.25, -0.2) is 0 Å². The summed E-state index contributed by atoms with van der Waals surface area (Å²) in [7, 11) is 1.89. The first-order valence-corrected chi connectivity index (χ1v) is 9.17. The molecule has 0 radical (unpaired) electrons. The van der Waals surface area contributed by atoms with Crippen molar-refractivity contribution in [2.45, 2.75) is 37.8 Å². The minimum Gasteiger partial charge on any atom is -0.381 e. The molecule has 4 aliphatic rings. The highest BCUT2D eigenvalue weighted by Gasteiger charge is 2.42. The number of hydrogen-bond acceptors (Lipinski definition) is 4. The largest absolute Gasteiger partial charge is 0.381 e.